The van der Waals surface area contributed by atoms with E-state index in [1.54, 1.807) is 0 Å². The monoisotopic (exact) mass is 208 g/mol. The molecule has 1 unspecified atom stereocenters. The highest BCUT2D eigenvalue weighted by molar-refractivity contribution is 4.95. The fourth-order valence-electron chi connectivity index (χ4n) is 1.36. The van der Waals surface area contributed by atoms with Crippen LogP contribution in [0.15, 0.2) is 0 Å². The van der Waals surface area contributed by atoms with Gasteiger partial charge in [-0.05, 0) is 0 Å². The average molecular weight is 208 g/mol. The third kappa shape index (κ3) is 2.22. The van der Waals surface area contributed by atoms with Crippen LogP contribution in [0.3, 0.4) is 0 Å². The Morgan fingerprint density at radius 3 is 2.71 bits per heavy atom. The van der Waals surface area contributed by atoms with Gasteiger partial charge in [0.15, 0.2) is 11.9 Å². The summed E-state index contributed by atoms with van der Waals surface area (Å²) in [7, 11) is 2.90. The van der Waals surface area contributed by atoms with E-state index in [4.69, 9.17) is 18.9 Å². The van der Waals surface area contributed by atoms with Crippen LogP contribution in [-0.2, 0) is 18.9 Å². The second kappa shape index (κ2) is 5.01. The molecule has 6 heteroatoms. The first-order valence-corrected chi connectivity index (χ1v) is 4.26. The molecule has 0 aliphatic carbocycles. The van der Waals surface area contributed by atoms with Crippen LogP contribution in [0, 0.1) is 0 Å². The van der Waals surface area contributed by atoms with Gasteiger partial charge in [0.1, 0.15) is 12.9 Å². The smallest absolute Gasteiger partial charge is 0.188 e. The van der Waals surface area contributed by atoms with Crippen molar-refractivity contribution in [2.45, 2.75) is 18.0 Å². The molecular formula is C8H16O6. The van der Waals surface area contributed by atoms with Crippen LogP contribution < -0.4 is 0 Å². The van der Waals surface area contributed by atoms with Gasteiger partial charge in [-0.25, -0.2) is 0 Å². The van der Waals surface area contributed by atoms with Gasteiger partial charge in [-0.1, -0.05) is 0 Å². The van der Waals surface area contributed by atoms with Crippen molar-refractivity contribution in [2.24, 2.45) is 0 Å². The summed E-state index contributed by atoms with van der Waals surface area (Å²) in [5.41, 5.74) is -1.52. The number of methoxy groups -OCH3 is 2. The maximum Gasteiger partial charge on any atom is 0.188 e. The predicted octanol–water partition coefficient (Wildman–Crippen LogP) is -1.30. The minimum absolute atomic E-state index is 0.0345. The summed E-state index contributed by atoms with van der Waals surface area (Å²) < 4.78 is 19.5. The standard InChI is InChI=1S/C8H16O6/c1-11-4-8(10)6(14-5-12-2)3-13-7(8)9/h6-7,9-10H,3-5H2,1-2H3/t6-,7?,8+/m0/s1. The van der Waals surface area contributed by atoms with Crippen molar-refractivity contribution < 1.29 is 29.2 Å². The van der Waals surface area contributed by atoms with Crippen LogP contribution in [0.1, 0.15) is 0 Å². The molecule has 14 heavy (non-hydrogen) atoms. The van der Waals surface area contributed by atoms with Gasteiger partial charge in [0.2, 0.25) is 0 Å². The Balaban J connectivity index is 2.56. The number of ether oxygens (including phenoxy) is 4. The molecule has 1 aliphatic heterocycles. The van der Waals surface area contributed by atoms with Gasteiger partial charge in [0, 0.05) is 14.2 Å². The predicted molar refractivity (Wildman–Crippen MR) is 45.5 cm³/mol. The molecule has 6 nitrogen and oxygen atoms in total. The van der Waals surface area contributed by atoms with Gasteiger partial charge in [0.25, 0.3) is 0 Å². The molecular weight excluding hydrogens is 192 g/mol. The zero-order valence-electron chi connectivity index (χ0n) is 8.30. The number of hydrogen-bond donors (Lipinski definition) is 2. The van der Waals surface area contributed by atoms with E-state index in [2.05, 4.69) is 0 Å². The van der Waals surface area contributed by atoms with Gasteiger partial charge >= 0.3 is 0 Å². The maximum absolute atomic E-state index is 9.97. The van der Waals surface area contributed by atoms with Crippen molar-refractivity contribution in [2.75, 3.05) is 34.2 Å². The Hall–Kier alpha value is -0.240. The lowest BCUT2D eigenvalue weighted by Crippen LogP contribution is -2.52. The molecule has 1 heterocycles. The Labute approximate surface area is 82.3 Å². The molecule has 84 valence electrons. The molecule has 1 saturated heterocycles. The maximum atomic E-state index is 9.97. The van der Waals surface area contributed by atoms with Crippen molar-refractivity contribution in [1.29, 1.82) is 0 Å². The summed E-state index contributed by atoms with van der Waals surface area (Å²) in [5.74, 6) is 0. The zero-order valence-corrected chi connectivity index (χ0v) is 8.30. The van der Waals surface area contributed by atoms with E-state index >= 15 is 0 Å². The van der Waals surface area contributed by atoms with Crippen molar-refractivity contribution in [1.82, 2.24) is 0 Å². The van der Waals surface area contributed by atoms with Gasteiger partial charge in [0.05, 0.1) is 13.2 Å². The molecule has 2 N–H and O–H groups in total. The van der Waals surface area contributed by atoms with E-state index in [1.165, 1.54) is 14.2 Å². The summed E-state index contributed by atoms with van der Waals surface area (Å²) >= 11 is 0. The van der Waals surface area contributed by atoms with Crippen LogP contribution in [0.5, 0.6) is 0 Å². The van der Waals surface area contributed by atoms with Gasteiger partial charge in [-0.3, -0.25) is 0 Å². The Morgan fingerprint density at radius 1 is 1.43 bits per heavy atom. The molecule has 1 fully saturated rings. The molecule has 0 spiro atoms. The summed E-state index contributed by atoms with van der Waals surface area (Å²) in [6, 6.07) is 0. The van der Waals surface area contributed by atoms with Crippen LogP contribution in [0.25, 0.3) is 0 Å². The normalized spacial score (nSPS) is 37.7. The van der Waals surface area contributed by atoms with E-state index < -0.39 is 18.0 Å². The Morgan fingerprint density at radius 2 is 2.14 bits per heavy atom. The second-order valence-electron chi connectivity index (χ2n) is 3.17. The van der Waals surface area contributed by atoms with Crippen LogP contribution in [-0.4, -0.2) is 62.4 Å². The highest BCUT2D eigenvalue weighted by Crippen LogP contribution is 2.27. The van der Waals surface area contributed by atoms with Crippen LogP contribution in [0.2, 0.25) is 0 Å². The highest BCUT2D eigenvalue weighted by Gasteiger charge is 2.51. The fraction of sp³-hybridized carbons (Fsp3) is 1.00. The molecule has 0 amide bonds. The first-order chi connectivity index (χ1) is 6.65. The SMILES string of the molecule is COCO[C@H]1COC(O)[C@@]1(O)COC. The van der Waals surface area contributed by atoms with Crippen molar-refractivity contribution in [3.05, 3.63) is 0 Å². The highest BCUT2D eigenvalue weighted by atomic mass is 16.7. The third-order valence-corrected chi connectivity index (χ3v) is 2.15. The van der Waals surface area contributed by atoms with Crippen LogP contribution in [0.4, 0.5) is 0 Å². The zero-order chi connectivity index (χ0) is 10.6. The third-order valence-electron chi connectivity index (χ3n) is 2.15. The number of rotatable bonds is 5. The average Bonchev–Trinajstić information content (AvgIpc) is 2.42. The first kappa shape index (κ1) is 11.8. The van der Waals surface area contributed by atoms with Crippen LogP contribution >= 0.6 is 0 Å². The van der Waals surface area contributed by atoms with Gasteiger partial charge in [-0.15, -0.1) is 0 Å². The number of hydrogen-bond acceptors (Lipinski definition) is 6. The lowest BCUT2D eigenvalue weighted by molar-refractivity contribution is -0.207. The molecule has 3 atom stereocenters. The summed E-state index contributed by atoms with van der Waals surface area (Å²) in [6.45, 7) is 0.0969. The topological polar surface area (TPSA) is 77.4 Å². The number of aliphatic hydroxyl groups is 2. The lowest BCUT2D eigenvalue weighted by atomic mass is 10.0. The molecule has 0 bridgehead atoms. The number of aliphatic hydroxyl groups excluding tert-OH is 1. The summed E-state index contributed by atoms with van der Waals surface area (Å²) in [5, 5.41) is 19.3. The molecule has 0 aromatic rings. The van der Waals surface area contributed by atoms with E-state index in [1.807, 2.05) is 0 Å². The van der Waals surface area contributed by atoms with Crippen molar-refractivity contribution >= 4 is 0 Å². The van der Waals surface area contributed by atoms with E-state index in [0.29, 0.717) is 0 Å². The van der Waals surface area contributed by atoms with Gasteiger partial charge < -0.3 is 29.2 Å². The largest absolute Gasteiger partial charge is 0.381 e. The van der Waals surface area contributed by atoms with E-state index in [-0.39, 0.29) is 20.0 Å². The van der Waals surface area contributed by atoms with Gasteiger partial charge in [-0.2, -0.15) is 0 Å². The van der Waals surface area contributed by atoms with Crippen molar-refractivity contribution in [3.8, 4) is 0 Å². The fourth-order valence-corrected chi connectivity index (χ4v) is 1.36. The minimum Gasteiger partial charge on any atom is -0.381 e. The van der Waals surface area contributed by atoms with Crippen molar-refractivity contribution in [3.63, 3.8) is 0 Å². The molecule has 1 aliphatic rings. The van der Waals surface area contributed by atoms with E-state index in [9.17, 15) is 10.2 Å². The summed E-state index contributed by atoms with van der Waals surface area (Å²) in [4.78, 5) is 0. The minimum atomic E-state index is -1.52. The summed E-state index contributed by atoms with van der Waals surface area (Å²) in [6.07, 6.45) is -1.93. The Kier molecular flexibility index (Phi) is 4.24. The van der Waals surface area contributed by atoms with E-state index in [0.717, 1.165) is 0 Å². The lowest BCUT2D eigenvalue weighted by Gasteiger charge is -2.29. The molecule has 1 rings (SSSR count). The first-order valence-electron chi connectivity index (χ1n) is 4.26. The molecule has 0 aromatic heterocycles. The Bertz CT molecular complexity index is 175. The molecule has 0 aromatic carbocycles. The molecule has 0 saturated carbocycles. The second-order valence-corrected chi connectivity index (χ2v) is 3.17. The quantitative estimate of drug-likeness (QED) is 0.547. The molecule has 0 radical (unpaired) electrons.